The van der Waals surface area contributed by atoms with Gasteiger partial charge in [-0.05, 0) is 0 Å². The smallest absolute Gasteiger partial charge is 0.303 e. The highest BCUT2D eigenvalue weighted by Gasteiger charge is 2.57. The van der Waals surface area contributed by atoms with E-state index in [4.69, 9.17) is 29.4 Å². The van der Waals surface area contributed by atoms with Crippen molar-refractivity contribution in [3.8, 4) is 0 Å². The standard InChI is InChI=1S/C20H24N4O9S/c1-8-24(18-14(34-8)6-22-20(21)23-18)19-17(32-12(5)28)16(31-11(4)27)15(33-19)13(30-10(3)26)7-29-9(2)25/h6,13,15-17,19H,1,7H2,2-5H3,(H2,21,22,23)/t13?,15-,16+,17-,19-/m1/s1. The number of ether oxygens (including phenoxy) is 5. The lowest BCUT2D eigenvalue weighted by Gasteiger charge is -2.30. The number of carbonyl (C=O) groups is 4. The largest absolute Gasteiger partial charge is 0.462 e. The predicted molar refractivity (Wildman–Crippen MR) is 116 cm³/mol. The Bertz CT molecular complexity index is 1020. The van der Waals surface area contributed by atoms with Gasteiger partial charge in [0.1, 0.15) is 12.7 Å². The molecule has 0 aromatic carbocycles. The van der Waals surface area contributed by atoms with Gasteiger partial charge in [-0.3, -0.25) is 24.1 Å². The summed E-state index contributed by atoms with van der Waals surface area (Å²) in [6.45, 7) is 8.29. The van der Waals surface area contributed by atoms with Crippen molar-refractivity contribution in [2.24, 2.45) is 0 Å². The number of hydrogen-bond acceptors (Lipinski definition) is 14. The van der Waals surface area contributed by atoms with E-state index in [1.165, 1.54) is 36.7 Å². The number of fused-ring (bicyclic) bond motifs is 1. The van der Waals surface area contributed by atoms with Gasteiger partial charge in [0.25, 0.3) is 0 Å². The molecule has 5 atom stereocenters. The summed E-state index contributed by atoms with van der Waals surface area (Å²) < 4.78 is 27.4. The van der Waals surface area contributed by atoms with Crippen molar-refractivity contribution in [1.82, 2.24) is 9.97 Å². The van der Waals surface area contributed by atoms with Crippen LogP contribution in [-0.2, 0) is 42.9 Å². The highest BCUT2D eigenvalue weighted by Crippen LogP contribution is 2.48. The van der Waals surface area contributed by atoms with Gasteiger partial charge in [0.2, 0.25) is 5.95 Å². The number of anilines is 2. The Kier molecular flexibility index (Phi) is 7.61. The number of aromatic nitrogens is 2. The van der Waals surface area contributed by atoms with E-state index >= 15 is 0 Å². The van der Waals surface area contributed by atoms with Crippen LogP contribution in [0.4, 0.5) is 11.8 Å². The third kappa shape index (κ3) is 5.56. The van der Waals surface area contributed by atoms with E-state index < -0.39 is 61.1 Å². The zero-order valence-electron chi connectivity index (χ0n) is 18.9. The average molecular weight is 496 g/mol. The monoisotopic (exact) mass is 496 g/mol. The first kappa shape index (κ1) is 25.2. The van der Waals surface area contributed by atoms with Crippen molar-refractivity contribution in [1.29, 1.82) is 0 Å². The third-order valence-corrected chi connectivity index (χ3v) is 5.64. The van der Waals surface area contributed by atoms with Crippen LogP contribution in [0.5, 0.6) is 0 Å². The van der Waals surface area contributed by atoms with E-state index in [1.54, 1.807) is 0 Å². The van der Waals surface area contributed by atoms with Crippen molar-refractivity contribution in [2.45, 2.75) is 63.2 Å². The highest BCUT2D eigenvalue weighted by atomic mass is 32.2. The first-order valence-electron chi connectivity index (χ1n) is 10.1. The Morgan fingerprint density at radius 2 is 1.76 bits per heavy atom. The minimum absolute atomic E-state index is 0.0122. The van der Waals surface area contributed by atoms with Crippen LogP contribution in [0.1, 0.15) is 27.7 Å². The molecular formula is C20H24N4O9S. The van der Waals surface area contributed by atoms with Crippen LogP contribution >= 0.6 is 11.8 Å². The predicted octanol–water partition coefficient (Wildman–Crippen LogP) is 0.525. The average Bonchev–Trinajstić information content (AvgIpc) is 3.20. The Morgan fingerprint density at radius 3 is 2.35 bits per heavy atom. The molecule has 3 rings (SSSR count). The highest BCUT2D eigenvalue weighted by molar-refractivity contribution is 8.03. The number of carbonyl (C=O) groups excluding carboxylic acids is 4. The SMILES string of the molecule is C=C1Sc2cnc(N)nc2N1[C@@H]1O[C@H](C(COC(C)=O)OC(C)=O)[C@H](OC(C)=O)[C@H]1OC(C)=O. The van der Waals surface area contributed by atoms with Gasteiger partial charge in [0.05, 0.1) is 9.92 Å². The van der Waals surface area contributed by atoms with Gasteiger partial charge in [-0.2, -0.15) is 4.98 Å². The number of hydrogen-bond donors (Lipinski definition) is 1. The van der Waals surface area contributed by atoms with Gasteiger partial charge in [-0.25, -0.2) is 4.98 Å². The molecule has 2 aliphatic heterocycles. The zero-order chi connectivity index (χ0) is 25.2. The third-order valence-electron chi connectivity index (χ3n) is 4.70. The van der Waals surface area contributed by atoms with E-state index in [9.17, 15) is 19.2 Å². The Hall–Kier alpha value is -3.39. The normalized spacial score (nSPS) is 24.2. The second kappa shape index (κ2) is 10.3. The van der Waals surface area contributed by atoms with E-state index in [-0.39, 0.29) is 5.95 Å². The molecule has 1 saturated heterocycles. The molecule has 34 heavy (non-hydrogen) atoms. The van der Waals surface area contributed by atoms with Crippen molar-refractivity contribution >= 4 is 47.4 Å². The molecule has 184 valence electrons. The van der Waals surface area contributed by atoms with Gasteiger partial charge in [0.15, 0.2) is 30.4 Å². The molecule has 1 aromatic heterocycles. The number of nitrogens with zero attached hydrogens (tertiary/aromatic N) is 3. The molecule has 14 heteroatoms. The summed E-state index contributed by atoms with van der Waals surface area (Å²) in [7, 11) is 0. The lowest BCUT2D eigenvalue weighted by atomic mass is 10.0. The van der Waals surface area contributed by atoms with Gasteiger partial charge >= 0.3 is 23.9 Å². The fourth-order valence-corrected chi connectivity index (χ4v) is 4.48. The molecule has 0 spiro atoms. The van der Waals surface area contributed by atoms with Crippen molar-refractivity contribution < 1.29 is 42.9 Å². The molecule has 1 unspecified atom stereocenters. The topological polar surface area (TPSA) is 169 Å². The summed E-state index contributed by atoms with van der Waals surface area (Å²) in [4.78, 5) is 57.4. The number of nitrogens with two attached hydrogens (primary N) is 1. The van der Waals surface area contributed by atoms with E-state index in [0.29, 0.717) is 15.7 Å². The number of thioether (sulfide) groups is 1. The van der Waals surface area contributed by atoms with Crippen LogP contribution in [0.25, 0.3) is 0 Å². The van der Waals surface area contributed by atoms with Crippen LogP contribution in [0, 0.1) is 0 Å². The fourth-order valence-electron chi connectivity index (χ4n) is 3.60. The first-order chi connectivity index (χ1) is 16.0. The van der Waals surface area contributed by atoms with Crippen LogP contribution < -0.4 is 10.6 Å². The molecule has 2 N–H and O–H groups in total. The Morgan fingerprint density at radius 1 is 1.12 bits per heavy atom. The van der Waals surface area contributed by atoms with Gasteiger partial charge in [-0.1, -0.05) is 18.3 Å². The van der Waals surface area contributed by atoms with Gasteiger partial charge in [0, 0.05) is 33.9 Å². The summed E-state index contributed by atoms with van der Waals surface area (Å²) in [5, 5.41) is 0.447. The lowest BCUT2D eigenvalue weighted by Crippen LogP contribution is -2.48. The molecular weight excluding hydrogens is 472 g/mol. The van der Waals surface area contributed by atoms with Crippen molar-refractivity contribution in [3.63, 3.8) is 0 Å². The van der Waals surface area contributed by atoms with Gasteiger partial charge in [-0.15, -0.1) is 0 Å². The Labute approximate surface area is 198 Å². The summed E-state index contributed by atoms with van der Waals surface area (Å²) in [6.07, 6.45) is -4.39. The van der Waals surface area contributed by atoms with Crippen LogP contribution in [0.3, 0.4) is 0 Å². The van der Waals surface area contributed by atoms with Gasteiger partial charge < -0.3 is 29.4 Å². The molecule has 0 saturated carbocycles. The molecule has 2 aliphatic rings. The zero-order valence-corrected chi connectivity index (χ0v) is 19.7. The van der Waals surface area contributed by atoms with Crippen molar-refractivity contribution in [3.05, 3.63) is 17.8 Å². The lowest BCUT2D eigenvalue weighted by molar-refractivity contribution is -0.176. The molecule has 0 amide bonds. The molecule has 3 heterocycles. The maximum atomic E-state index is 12.0. The summed E-state index contributed by atoms with van der Waals surface area (Å²) in [6, 6.07) is 0. The minimum Gasteiger partial charge on any atom is -0.462 e. The summed E-state index contributed by atoms with van der Waals surface area (Å²) >= 11 is 1.23. The quantitative estimate of drug-likeness (QED) is 0.409. The van der Waals surface area contributed by atoms with Crippen molar-refractivity contribution in [2.75, 3.05) is 17.2 Å². The van der Waals surface area contributed by atoms with Crippen LogP contribution in [-0.4, -0.2) is 71.1 Å². The molecule has 0 bridgehead atoms. The molecule has 1 fully saturated rings. The van der Waals surface area contributed by atoms with E-state index in [1.807, 2.05) is 0 Å². The maximum absolute atomic E-state index is 12.0. The summed E-state index contributed by atoms with van der Waals surface area (Å²) in [5.41, 5.74) is 5.75. The number of nitrogen functional groups attached to an aromatic ring is 1. The van der Waals surface area contributed by atoms with Crippen LogP contribution in [0.15, 0.2) is 22.7 Å². The molecule has 1 aromatic rings. The first-order valence-corrected chi connectivity index (χ1v) is 10.9. The molecule has 13 nitrogen and oxygen atoms in total. The van der Waals surface area contributed by atoms with E-state index in [2.05, 4.69) is 16.5 Å². The number of esters is 4. The minimum atomic E-state index is -1.23. The molecule has 0 aliphatic carbocycles. The second-order valence-electron chi connectivity index (χ2n) is 7.37. The second-order valence-corrected chi connectivity index (χ2v) is 8.49. The maximum Gasteiger partial charge on any atom is 0.303 e. The number of rotatable bonds is 7. The summed E-state index contributed by atoms with van der Waals surface area (Å²) in [5.74, 6) is -2.37. The fraction of sp³-hybridized carbons (Fsp3) is 0.500. The van der Waals surface area contributed by atoms with E-state index in [0.717, 1.165) is 13.8 Å². The Balaban J connectivity index is 2.05. The molecule has 0 radical (unpaired) electrons. The van der Waals surface area contributed by atoms with Crippen LogP contribution in [0.2, 0.25) is 0 Å².